The van der Waals surface area contributed by atoms with Gasteiger partial charge < -0.3 is 15.5 Å². The van der Waals surface area contributed by atoms with E-state index in [1.54, 1.807) is 0 Å². The number of carbonyl (C=O) groups excluding carboxylic acids is 1. The Morgan fingerprint density at radius 2 is 1.81 bits per heavy atom. The molecule has 9 heteroatoms. The van der Waals surface area contributed by atoms with Gasteiger partial charge in [-0.05, 0) is 51.3 Å². The van der Waals surface area contributed by atoms with Crippen LogP contribution in [0.3, 0.4) is 0 Å². The van der Waals surface area contributed by atoms with Gasteiger partial charge in [0.1, 0.15) is 22.6 Å². The van der Waals surface area contributed by atoms with Crippen molar-refractivity contribution in [2.24, 2.45) is 0 Å². The van der Waals surface area contributed by atoms with Gasteiger partial charge in [0.05, 0.1) is 5.69 Å². The third-order valence-corrected chi connectivity index (χ3v) is 6.34. The van der Waals surface area contributed by atoms with Crippen molar-refractivity contribution < 1.29 is 22.0 Å². The van der Waals surface area contributed by atoms with E-state index in [-0.39, 0.29) is 17.6 Å². The van der Waals surface area contributed by atoms with E-state index in [1.165, 1.54) is 0 Å². The Bertz CT molecular complexity index is 810. The highest BCUT2D eigenvalue weighted by molar-refractivity contribution is 7.90. The fourth-order valence-electron chi connectivity index (χ4n) is 3.79. The maximum Gasteiger partial charge on any atom is 0.245 e. The van der Waals surface area contributed by atoms with Crippen molar-refractivity contribution in [3.63, 3.8) is 0 Å². The lowest BCUT2D eigenvalue weighted by Crippen LogP contribution is -2.50. The second-order valence-electron chi connectivity index (χ2n) is 7.24. The molecule has 0 radical (unpaired) electrons. The van der Waals surface area contributed by atoms with Crippen LogP contribution in [0.25, 0.3) is 0 Å². The fraction of sp³-hybridized carbons (Fsp3) is 0.611. The van der Waals surface area contributed by atoms with Gasteiger partial charge in [0.25, 0.3) is 0 Å². The van der Waals surface area contributed by atoms with Crippen molar-refractivity contribution in [3.05, 3.63) is 23.8 Å². The Morgan fingerprint density at radius 1 is 1.11 bits per heavy atom. The summed E-state index contributed by atoms with van der Waals surface area (Å²) in [4.78, 5) is 14.2. The molecule has 27 heavy (non-hydrogen) atoms. The van der Waals surface area contributed by atoms with Crippen molar-refractivity contribution in [3.8, 4) is 0 Å². The molecular weight excluding hydrogens is 376 g/mol. The molecule has 0 bridgehead atoms. The Balaban J connectivity index is 1.81. The first-order chi connectivity index (χ1) is 12.8. The molecule has 2 aliphatic rings. The van der Waals surface area contributed by atoms with Gasteiger partial charge in [-0.3, -0.25) is 4.79 Å². The minimum Gasteiger partial charge on any atom is -0.371 e. The van der Waals surface area contributed by atoms with Gasteiger partial charge in [-0.1, -0.05) is 0 Å². The summed E-state index contributed by atoms with van der Waals surface area (Å²) in [6.45, 7) is 2.39. The van der Waals surface area contributed by atoms with Crippen molar-refractivity contribution in [1.29, 1.82) is 0 Å². The predicted octanol–water partition coefficient (Wildman–Crippen LogP) is 1.91. The number of carbonyl (C=O) groups is 1. The van der Waals surface area contributed by atoms with E-state index in [1.807, 2.05) is 4.90 Å². The van der Waals surface area contributed by atoms with Crippen molar-refractivity contribution in [2.75, 3.05) is 31.2 Å². The van der Waals surface area contributed by atoms with Crippen LogP contribution in [0.1, 0.15) is 32.1 Å². The number of nitrogens with zero attached hydrogens (tertiary/aromatic N) is 1. The molecule has 1 amide bonds. The number of benzene rings is 1. The van der Waals surface area contributed by atoms with Crippen LogP contribution in [0.15, 0.2) is 17.0 Å². The van der Waals surface area contributed by atoms with Crippen LogP contribution < -0.4 is 10.6 Å². The minimum atomic E-state index is -3.87. The highest BCUT2D eigenvalue weighted by Gasteiger charge is 2.33. The van der Waals surface area contributed by atoms with Crippen LogP contribution in [0.4, 0.5) is 14.5 Å². The lowest BCUT2D eigenvalue weighted by Gasteiger charge is -2.35. The fourth-order valence-corrected chi connectivity index (χ4v) is 4.52. The third kappa shape index (κ3) is 4.57. The second kappa shape index (κ2) is 8.10. The lowest BCUT2D eigenvalue weighted by atomic mass is 10.0. The zero-order valence-electron chi connectivity index (χ0n) is 15.3. The second-order valence-corrected chi connectivity index (χ2v) is 9.22. The first-order valence-corrected chi connectivity index (χ1v) is 11.1. The minimum absolute atomic E-state index is 0.105. The Hall–Kier alpha value is -1.74. The molecule has 2 aliphatic heterocycles. The van der Waals surface area contributed by atoms with Crippen LogP contribution in [-0.2, 0) is 14.6 Å². The largest absolute Gasteiger partial charge is 0.371 e. The molecule has 2 fully saturated rings. The standard InChI is InChI=1S/C18H25F2N3O3S/c1-27(25,26)17-11-13(19)16(10-14(17)20)22-15-4-2-3-9-23(18(15)24)12-5-7-21-8-6-12/h10-12,15,21-22H,2-9H2,1H3. The number of piperidine rings is 1. The molecule has 0 spiro atoms. The maximum atomic E-state index is 14.4. The van der Waals surface area contributed by atoms with Crippen LogP contribution in [0.5, 0.6) is 0 Å². The summed E-state index contributed by atoms with van der Waals surface area (Å²) in [6.07, 6.45) is 4.78. The molecule has 1 unspecified atom stereocenters. The quantitative estimate of drug-likeness (QED) is 0.806. The van der Waals surface area contributed by atoms with E-state index in [9.17, 15) is 22.0 Å². The summed E-state index contributed by atoms with van der Waals surface area (Å²) in [7, 11) is -3.87. The zero-order chi connectivity index (χ0) is 19.6. The zero-order valence-corrected chi connectivity index (χ0v) is 16.1. The number of nitrogens with one attached hydrogen (secondary N) is 2. The topological polar surface area (TPSA) is 78.5 Å². The van der Waals surface area contributed by atoms with E-state index >= 15 is 0 Å². The molecule has 2 N–H and O–H groups in total. The van der Waals surface area contributed by atoms with Gasteiger partial charge >= 0.3 is 0 Å². The van der Waals surface area contributed by atoms with Crippen LogP contribution in [0, 0.1) is 11.6 Å². The van der Waals surface area contributed by atoms with Crippen LogP contribution in [0.2, 0.25) is 0 Å². The summed E-state index contributed by atoms with van der Waals surface area (Å²) in [5.41, 5.74) is -0.189. The number of anilines is 1. The molecular formula is C18H25F2N3O3S. The SMILES string of the molecule is CS(=O)(=O)c1cc(F)c(NC2CCCCN(C3CCNCC3)C2=O)cc1F. The summed E-state index contributed by atoms with van der Waals surface area (Å²) in [5.74, 6) is -2.02. The summed E-state index contributed by atoms with van der Waals surface area (Å²) in [5, 5.41) is 6.08. The van der Waals surface area contributed by atoms with Crippen molar-refractivity contribution in [1.82, 2.24) is 10.2 Å². The van der Waals surface area contributed by atoms with E-state index in [0.717, 1.165) is 51.1 Å². The number of hydrogen-bond acceptors (Lipinski definition) is 5. The van der Waals surface area contributed by atoms with Gasteiger partial charge in [0.15, 0.2) is 9.84 Å². The summed E-state index contributed by atoms with van der Waals surface area (Å²) < 4.78 is 51.6. The smallest absolute Gasteiger partial charge is 0.245 e. The molecule has 150 valence electrons. The first-order valence-electron chi connectivity index (χ1n) is 9.24. The molecule has 1 aromatic rings. The number of sulfone groups is 1. The van der Waals surface area contributed by atoms with E-state index < -0.39 is 32.4 Å². The Labute approximate surface area is 158 Å². The highest BCUT2D eigenvalue weighted by Crippen LogP contribution is 2.26. The summed E-state index contributed by atoms with van der Waals surface area (Å²) in [6, 6.07) is 0.994. The van der Waals surface area contributed by atoms with Gasteiger partial charge in [-0.2, -0.15) is 0 Å². The molecule has 2 saturated heterocycles. The van der Waals surface area contributed by atoms with Crippen LogP contribution >= 0.6 is 0 Å². The summed E-state index contributed by atoms with van der Waals surface area (Å²) >= 11 is 0. The predicted molar refractivity (Wildman–Crippen MR) is 98.3 cm³/mol. The average molecular weight is 401 g/mol. The number of amides is 1. The van der Waals surface area contributed by atoms with Crippen LogP contribution in [-0.4, -0.2) is 57.2 Å². The molecule has 2 heterocycles. The van der Waals surface area contributed by atoms with Gasteiger partial charge in [0, 0.05) is 24.9 Å². The number of hydrogen-bond donors (Lipinski definition) is 2. The normalized spacial score (nSPS) is 22.6. The van der Waals surface area contributed by atoms with Gasteiger partial charge in [-0.25, -0.2) is 17.2 Å². The maximum absolute atomic E-state index is 14.4. The number of rotatable bonds is 4. The lowest BCUT2D eigenvalue weighted by molar-refractivity contribution is -0.134. The van der Waals surface area contributed by atoms with Gasteiger partial charge in [-0.15, -0.1) is 0 Å². The molecule has 0 aromatic heterocycles. The average Bonchev–Trinajstić information content (AvgIpc) is 2.79. The van der Waals surface area contributed by atoms with E-state index in [2.05, 4.69) is 10.6 Å². The Kier molecular flexibility index (Phi) is 6.00. The highest BCUT2D eigenvalue weighted by atomic mass is 32.2. The van der Waals surface area contributed by atoms with Gasteiger partial charge in [0.2, 0.25) is 5.91 Å². The van der Waals surface area contributed by atoms with Crippen molar-refractivity contribution >= 4 is 21.4 Å². The molecule has 3 rings (SSSR count). The molecule has 6 nitrogen and oxygen atoms in total. The molecule has 0 aliphatic carbocycles. The molecule has 1 atom stereocenters. The monoisotopic (exact) mass is 401 g/mol. The van der Waals surface area contributed by atoms with Crippen molar-refractivity contribution in [2.45, 2.75) is 49.1 Å². The third-order valence-electron chi connectivity index (χ3n) is 5.22. The number of likely N-dealkylation sites (tertiary alicyclic amines) is 1. The first kappa shape index (κ1) is 20.0. The molecule has 1 aromatic carbocycles. The molecule has 0 saturated carbocycles. The Morgan fingerprint density at radius 3 is 2.48 bits per heavy atom. The van der Waals surface area contributed by atoms with E-state index in [0.29, 0.717) is 19.0 Å². The van der Waals surface area contributed by atoms with E-state index in [4.69, 9.17) is 0 Å². The number of halogens is 2.